The van der Waals surface area contributed by atoms with Crippen molar-refractivity contribution >= 4 is 11.8 Å². The predicted molar refractivity (Wildman–Crippen MR) is 71.3 cm³/mol. The Balaban J connectivity index is 1.99. The number of halogens is 1. The van der Waals surface area contributed by atoms with Gasteiger partial charge in [0.25, 0.3) is 0 Å². The zero-order valence-electron chi connectivity index (χ0n) is 11.0. The third kappa shape index (κ3) is 3.34. The van der Waals surface area contributed by atoms with Crippen molar-refractivity contribution in [2.75, 3.05) is 5.32 Å². The largest absolute Gasteiger partial charge is 0.478 e. The monoisotopic (exact) mass is 278 g/mol. The third-order valence-electron chi connectivity index (χ3n) is 2.91. The van der Waals surface area contributed by atoms with E-state index in [-0.39, 0.29) is 17.4 Å². The number of aromatic nitrogens is 1. The maximum absolute atomic E-state index is 13.9. The van der Waals surface area contributed by atoms with Gasteiger partial charge in [-0.3, -0.25) is 0 Å². The molecule has 2 aromatic heterocycles. The highest BCUT2D eigenvalue weighted by Crippen LogP contribution is 2.17. The molecule has 0 amide bonds. The van der Waals surface area contributed by atoms with Crippen LogP contribution in [0.2, 0.25) is 0 Å². The number of nitrogens with one attached hydrogen (secondary N) is 1. The molecule has 2 aromatic rings. The van der Waals surface area contributed by atoms with Gasteiger partial charge in [-0.1, -0.05) is 0 Å². The number of furan rings is 1. The number of aromatic carboxylic acids is 1. The first-order chi connectivity index (χ1) is 9.58. The van der Waals surface area contributed by atoms with Crippen LogP contribution in [0.4, 0.5) is 10.2 Å². The Hall–Kier alpha value is -2.37. The molecule has 0 bridgehead atoms. The molecule has 106 valence electrons. The SMILES string of the molecule is CC(CCc1ccco1)Nc1nccc(C(=O)O)c1F. The molecule has 0 fully saturated rings. The van der Waals surface area contributed by atoms with Crippen LogP contribution in [0, 0.1) is 5.82 Å². The van der Waals surface area contributed by atoms with Crippen LogP contribution in [0.15, 0.2) is 35.1 Å². The summed E-state index contributed by atoms with van der Waals surface area (Å²) >= 11 is 0. The number of pyridine rings is 1. The summed E-state index contributed by atoms with van der Waals surface area (Å²) in [6.45, 7) is 1.87. The first-order valence-corrected chi connectivity index (χ1v) is 6.24. The Labute approximate surface area is 115 Å². The topological polar surface area (TPSA) is 75.4 Å². The zero-order valence-corrected chi connectivity index (χ0v) is 11.0. The number of carboxylic acids is 1. The highest BCUT2D eigenvalue weighted by atomic mass is 19.1. The van der Waals surface area contributed by atoms with Crippen molar-refractivity contribution in [3.63, 3.8) is 0 Å². The quantitative estimate of drug-likeness (QED) is 0.849. The lowest BCUT2D eigenvalue weighted by atomic mass is 10.1. The number of carboxylic acid groups (broad SMARTS) is 1. The Kier molecular flexibility index (Phi) is 4.34. The Bertz CT molecular complexity index is 584. The fourth-order valence-corrected chi connectivity index (χ4v) is 1.83. The van der Waals surface area contributed by atoms with E-state index in [4.69, 9.17) is 9.52 Å². The molecular formula is C14H15FN2O3. The second-order valence-electron chi connectivity index (χ2n) is 4.49. The first kappa shape index (κ1) is 14.0. The lowest BCUT2D eigenvalue weighted by Gasteiger charge is -2.14. The Morgan fingerprint density at radius 2 is 2.35 bits per heavy atom. The Morgan fingerprint density at radius 3 is 3.00 bits per heavy atom. The van der Waals surface area contributed by atoms with Gasteiger partial charge in [0.05, 0.1) is 6.26 Å². The average Bonchev–Trinajstić information content (AvgIpc) is 2.91. The van der Waals surface area contributed by atoms with Crippen LogP contribution < -0.4 is 5.32 Å². The van der Waals surface area contributed by atoms with Crippen LogP contribution in [0.3, 0.4) is 0 Å². The van der Waals surface area contributed by atoms with E-state index in [2.05, 4.69) is 10.3 Å². The van der Waals surface area contributed by atoms with Gasteiger partial charge in [-0.05, 0) is 31.5 Å². The molecule has 2 heterocycles. The smallest absolute Gasteiger partial charge is 0.338 e. The summed E-state index contributed by atoms with van der Waals surface area (Å²) in [5.41, 5.74) is -0.388. The van der Waals surface area contributed by atoms with Gasteiger partial charge >= 0.3 is 5.97 Å². The van der Waals surface area contributed by atoms with Crippen molar-refractivity contribution in [2.45, 2.75) is 25.8 Å². The van der Waals surface area contributed by atoms with Crippen molar-refractivity contribution in [1.82, 2.24) is 4.98 Å². The number of hydrogen-bond donors (Lipinski definition) is 2. The zero-order chi connectivity index (χ0) is 14.5. The molecular weight excluding hydrogens is 263 g/mol. The van der Waals surface area contributed by atoms with E-state index in [1.54, 1.807) is 6.26 Å². The molecule has 0 saturated heterocycles. The normalized spacial score (nSPS) is 12.1. The number of rotatable bonds is 6. The van der Waals surface area contributed by atoms with Gasteiger partial charge in [-0.2, -0.15) is 0 Å². The van der Waals surface area contributed by atoms with E-state index in [1.807, 2.05) is 19.1 Å². The predicted octanol–water partition coefficient (Wildman–Crippen LogP) is 2.95. The average molecular weight is 278 g/mol. The second kappa shape index (κ2) is 6.18. The minimum atomic E-state index is -1.31. The van der Waals surface area contributed by atoms with Crippen molar-refractivity contribution in [3.05, 3.63) is 47.8 Å². The second-order valence-corrected chi connectivity index (χ2v) is 4.49. The maximum atomic E-state index is 13.9. The van der Waals surface area contributed by atoms with Gasteiger partial charge in [0.1, 0.15) is 11.3 Å². The van der Waals surface area contributed by atoms with Crippen molar-refractivity contribution in [3.8, 4) is 0 Å². The molecule has 0 aliphatic rings. The van der Waals surface area contributed by atoms with Gasteiger partial charge in [0.2, 0.25) is 0 Å². The molecule has 6 heteroatoms. The molecule has 0 aliphatic heterocycles. The van der Waals surface area contributed by atoms with Crippen LogP contribution >= 0.6 is 0 Å². The highest BCUT2D eigenvalue weighted by Gasteiger charge is 2.16. The van der Waals surface area contributed by atoms with Crippen LogP contribution in [0.25, 0.3) is 0 Å². The molecule has 1 atom stereocenters. The summed E-state index contributed by atoms with van der Waals surface area (Å²) in [4.78, 5) is 14.7. The number of carbonyl (C=O) groups is 1. The van der Waals surface area contributed by atoms with E-state index in [0.29, 0.717) is 12.8 Å². The molecule has 5 nitrogen and oxygen atoms in total. The summed E-state index contributed by atoms with van der Waals surface area (Å²) in [5, 5.41) is 11.7. The van der Waals surface area contributed by atoms with E-state index in [9.17, 15) is 9.18 Å². The van der Waals surface area contributed by atoms with Crippen LogP contribution in [-0.2, 0) is 6.42 Å². The molecule has 0 aromatic carbocycles. The lowest BCUT2D eigenvalue weighted by Crippen LogP contribution is -2.19. The van der Waals surface area contributed by atoms with Gasteiger partial charge in [0.15, 0.2) is 11.6 Å². The molecule has 1 unspecified atom stereocenters. The highest BCUT2D eigenvalue weighted by molar-refractivity contribution is 5.88. The standard InChI is InChI=1S/C14H15FN2O3/c1-9(4-5-10-3-2-8-20-10)17-13-12(15)11(14(18)19)6-7-16-13/h2-3,6-9H,4-5H2,1H3,(H,16,17)(H,18,19). The first-order valence-electron chi connectivity index (χ1n) is 6.24. The number of nitrogens with zero attached hydrogens (tertiary/aromatic N) is 1. The number of aryl methyl sites for hydroxylation is 1. The molecule has 2 N–H and O–H groups in total. The molecule has 0 spiro atoms. The van der Waals surface area contributed by atoms with Gasteiger partial charge in [-0.15, -0.1) is 0 Å². The fourth-order valence-electron chi connectivity index (χ4n) is 1.83. The lowest BCUT2D eigenvalue weighted by molar-refractivity contribution is 0.0692. The summed E-state index contributed by atoms with van der Waals surface area (Å²) in [6.07, 6.45) is 4.30. The van der Waals surface area contributed by atoms with Gasteiger partial charge in [0, 0.05) is 18.7 Å². The van der Waals surface area contributed by atoms with Gasteiger partial charge < -0.3 is 14.8 Å². The molecule has 0 aliphatic carbocycles. The minimum Gasteiger partial charge on any atom is -0.478 e. The fraction of sp³-hybridized carbons (Fsp3) is 0.286. The summed E-state index contributed by atoms with van der Waals surface area (Å²) in [7, 11) is 0. The van der Waals surface area contributed by atoms with Crippen molar-refractivity contribution < 1.29 is 18.7 Å². The maximum Gasteiger partial charge on any atom is 0.338 e. The minimum absolute atomic E-state index is 0.0446. The number of hydrogen-bond acceptors (Lipinski definition) is 4. The van der Waals surface area contributed by atoms with Crippen molar-refractivity contribution in [2.24, 2.45) is 0 Å². The van der Waals surface area contributed by atoms with Crippen molar-refractivity contribution in [1.29, 1.82) is 0 Å². The number of anilines is 1. The molecule has 2 rings (SSSR count). The van der Waals surface area contributed by atoms with Crippen LogP contribution in [-0.4, -0.2) is 22.1 Å². The van der Waals surface area contributed by atoms with E-state index >= 15 is 0 Å². The summed E-state index contributed by atoms with van der Waals surface area (Å²) < 4.78 is 19.1. The summed E-state index contributed by atoms with van der Waals surface area (Å²) in [5.74, 6) is -1.34. The summed E-state index contributed by atoms with van der Waals surface area (Å²) in [6, 6.07) is 4.75. The third-order valence-corrected chi connectivity index (χ3v) is 2.91. The molecule has 20 heavy (non-hydrogen) atoms. The van der Waals surface area contributed by atoms with Crippen LogP contribution in [0.1, 0.15) is 29.5 Å². The van der Waals surface area contributed by atoms with E-state index in [0.717, 1.165) is 11.8 Å². The van der Waals surface area contributed by atoms with E-state index in [1.165, 1.54) is 6.20 Å². The van der Waals surface area contributed by atoms with Gasteiger partial charge in [-0.25, -0.2) is 14.2 Å². The molecule has 0 radical (unpaired) electrons. The molecule has 0 saturated carbocycles. The Morgan fingerprint density at radius 1 is 1.55 bits per heavy atom. The van der Waals surface area contributed by atoms with E-state index < -0.39 is 11.8 Å². The van der Waals surface area contributed by atoms with Crippen LogP contribution in [0.5, 0.6) is 0 Å².